The highest BCUT2D eigenvalue weighted by atomic mass is 19.1. The first-order chi connectivity index (χ1) is 22.8. The average Bonchev–Trinajstić information content (AvgIpc) is 3.58. The molecule has 47 heavy (non-hydrogen) atoms. The Morgan fingerprint density at radius 3 is 2.49 bits per heavy atom. The molecule has 0 radical (unpaired) electrons. The monoisotopic (exact) mass is 649 g/mol. The lowest BCUT2D eigenvalue weighted by Gasteiger charge is -2.42. The van der Waals surface area contributed by atoms with Crippen molar-refractivity contribution in [3.05, 3.63) is 52.8 Å². The van der Waals surface area contributed by atoms with Gasteiger partial charge in [-0.1, -0.05) is 43.0 Å². The summed E-state index contributed by atoms with van der Waals surface area (Å²) in [7, 11) is 0. The predicted molar refractivity (Wildman–Crippen MR) is 174 cm³/mol. The molecule has 5 aliphatic rings. The van der Waals surface area contributed by atoms with E-state index < -0.39 is 18.0 Å². The number of benzene rings is 2. The second-order valence-electron chi connectivity index (χ2n) is 13.6. The SMILES string of the molecule is Cc1cc(CC(OC(=O)N2CCC(N3Cc4cccc(F)c4NC3=O)CC2)C(=O)N2CCN(C3CCCCC3)CC2)cc2c1NN[NH2+]2. The van der Waals surface area contributed by atoms with E-state index in [0.29, 0.717) is 51.6 Å². The molecule has 0 bridgehead atoms. The molecule has 1 saturated carbocycles. The predicted octanol–water partition coefficient (Wildman–Crippen LogP) is 3.21. The number of likely N-dealkylation sites (tertiary alicyclic amines) is 1. The highest BCUT2D eigenvalue weighted by Gasteiger charge is 2.37. The number of carbonyl (C=O) groups is 3. The molecule has 252 valence electrons. The Bertz CT molecular complexity index is 1500. The Kier molecular flexibility index (Phi) is 9.20. The number of carbonyl (C=O) groups excluding carboxylic acids is 3. The minimum atomic E-state index is -0.944. The van der Waals surface area contributed by atoms with Gasteiger partial charge < -0.3 is 24.8 Å². The van der Waals surface area contributed by atoms with Gasteiger partial charge in [0.05, 0.1) is 5.69 Å². The van der Waals surface area contributed by atoms with E-state index in [4.69, 9.17) is 4.74 Å². The second kappa shape index (κ2) is 13.7. The van der Waals surface area contributed by atoms with E-state index in [-0.39, 0.29) is 30.1 Å². The van der Waals surface area contributed by atoms with Gasteiger partial charge in [-0.15, -0.1) is 0 Å². The Hall–Kier alpha value is -3.94. The van der Waals surface area contributed by atoms with Gasteiger partial charge in [0.15, 0.2) is 11.8 Å². The second-order valence-corrected chi connectivity index (χ2v) is 13.6. The number of para-hydroxylation sites is 1. The molecule has 4 heterocycles. The van der Waals surface area contributed by atoms with Gasteiger partial charge >= 0.3 is 12.1 Å². The number of anilines is 2. The first-order valence-corrected chi connectivity index (χ1v) is 17.2. The van der Waals surface area contributed by atoms with Crippen LogP contribution in [0.1, 0.15) is 61.6 Å². The van der Waals surface area contributed by atoms with Crippen molar-refractivity contribution in [3.63, 3.8) is 0 Å². The van der Waals surface area contributed by atoms with Crippen molar-refractivity contribution in [1.82, 2.24) is 25.1 Å². The number of piperidine rings is 1. The molecule has 2 saturated heterocycles. The molecule has 4 amide bonds. The number of rotatable bonds is 6. The van der Waals surface area contributed by atoms with Crippen molar-refractivity contribution in [1.29, 1.82) is 0 Å². The van der Waals surface area contributed by atoms with Crippen LogP contribution in [0.25, 0.3) is 0 Å². The topological polar surface area (TPSA) is 126 Å². The zero-order valence-corrected chi connectivity index (χ0v) is 27.1. The van der Waals surface area contributed by atoms with Crippen LogP contribution in [0.3, 0.4) is 0 Å². The fourth-order valence-electron chi connectivity index (χ4n) is 7.96. The maximum atomic E-state index is 14.2. The van der Waals surface area contributed by atoms with Gasteiger partial charge in [0.25, 0.3) is 5.91 Å². The van der Waals surface area contributed by atoms with E-state index in [0.717, 1.165) is 41.2 Å². The molecule has 2 aromatic rings. The molecule has 7 rings (SSSR count). The highest BCUT2D eigenvalue weighted by molar-refractivity contribution is 5.92. The van der Waals surface area contributed by atoms with Crippen LogP contribution in [0.15, 0.2) is 30.3 Å². The fourth-order valence-corrected chi connectivity index (χ4v) is 7.96. The maximum Gasteiger partial charge on any atom is 0.410 e. The highest BCUT2D eigenvalue weighted by Crippen LogP contribution is 2.31. The lowest BCUT2D eigenvalue weighted by Crippen LogP contribution is -2.86. The van der Waals surface area contributed by atoms with Crippen LogP contribution in [0.2, 0.25) is 0 Å². The third kappa shape index (κ3) is 6.74. The summed E-state index contributed by atoms with van der Waals surface area (Å²) in [5.41, 5.74) is 13.0. The number of ether oxygens (including phenoxy) is 1. The summed E-state index contributed by atoms with van der Waals surface area (Å²) in [5.74, 6) is -0.587. The van der Waals surface area contributed by atoms with Gasteiger partial charge in [-0.25, -0.2) is 19.4 Å². The molecule has 5 N–H and O–H groups in total. The number of amides is 4. The molecule has 1 atom stereocenters. The number of nitrogens with two attached hydrogens (primary N) is 1. The molecular formula is C34H46FN8O4+. The molecule has 1 aliphatic carbocycles. The number of nitrogens with one attached hydrogen (secondary N) is 3. The number of fused-ring (bicyclic) bond motifs is 2. The molecule has 0 aromatic heterocycles. The summed E-state index contributed by atoms with van der Waals surface area (Å²) in [6.07, 6.45) is 6.30. The minimum absolute atomic E-state index is 0.0961. The summed E-state index contributed by atoms with van der Waals surface area (Å²) < 4.78 is 20.3. The molecule has 12 nitrogen and oxygen atoms in total. The first-order valence-electron chi connectivity index (χ1n) is 17.2. The number of quaternary nitrogens is 1. The number of aryl methyl sites for hydroxylation is 1. The lowest BCUT2D eigenvalue weighted by atomic mass is 9.94. The fraction of sp³-hybridized carbons (Fsp3) is 0.559. The summed E-state index contributed by atoms with van der Waals surface area (Å²) in [4.78, 5) is 48.3. The number of nitrogens with zero attached hydrogens (tertiary/aromatic N) is 4. The van der Waals surface area contributed by atoms with E-state index in [2.05, 4.69) is 21.2 Å². The quantitative estimate of drug-likeness (QED) is 0.280. The van der Waals surface area contributed by atoms with E-state index in [9.17, 15) is 18.8 Å². The molecule has 3 fully saturated rings. The van der Waals surface area contributed by atoms with Gasteiger partial charge in [0.1, 0.15) is 11.5 Å². The van der Waals surface area contributed by atoms with E-state index in [1.165, 1.54) is 38.2 Å². The van der Waals surface area contributed by atoms with Crippen molar-refractivity contribution < 1.29 is 28.9 Å². The number of piperazine rings is 1. The van der Waals surface area contributed by atoms with E-state index in [1.807, 2.05) is 35.4 Å². The molecule has 13 heteroatoms. The number of hydrogen-bond donors (Lipinski definition) is 4. The van der Waals surface area contributed by atoms with Crippen molar-refractivity contribution in [3.8, 4) is 0 Å². The smallest absolute Gasteiger partial charge is 0.410 e. The summed E-state index contributed by atoms with van der Waals surface area (Å²) >= 11 is 0. The van der Waals surface area contributed by atoms with Crippen molar-refractivity contribution >= 4 is 35.1 Å². The molecule has 2 aromatic carbocycles. The Morgan fingerprint density at radius 2 is 1.72 bits per heavy atom. The normalized spacial score (nSPS) is 21.5. The van der Waals surface area contributed by atoms with Gasteiger partial charge in [-0.2, -0.15) is 0 Å². The van der Waals surface area contributed by atoms with Crippen molar-refractivity contribution in [2.75, 3.05) is 50.0 Å². The Balaban J connectivity index is 1.00. The van der Waals surface area contributed by atoms with Crippen LogP contribution in [0.5, 0.6) is 0 Å². The molecule has 1 unspecified atom stereocenters. The zero-order valence-electron chi connectivity index (χ0n) is 27.1. The van der Waals surface area contributed by atoms with E-state index in [1.54, 1.807) is 15.9 Å². The van der Waals surface area contributed by atoms with Crippen molar-refractivity contribution in [2.24, 2.45) is 0 Å². The number of urea groups is 1. The van der Waals surface area contributed by atoms with Gasteiger partial charge in [-0.05, 0) is 55.4 Å². The number of hydrazine groups is 1. The van der Waals surface area contributed by atoms with Crippen LogP contribution in [0.4, 0.5) is 31.0 Å². The zero-order chi connectivity index (χ0) is 32.5. The van der Waals surface area contributed by atoms with Crippen LogP contribution in [-0.2, 0) is 22.5 Å². The van der Waals surface area contributed by atoms with Crippen LogP contribution in [-0.4, -0.2) is 95.1 Å². The third-order valence-corrected chi connectivity index (χ3v) is 10.6. The molecular weight excluding hydrogens is 603 g/mol. The Labute approximate surface area is 274 Å². The van der Waals surface area contributed by atoms with Crippen LogP contribution < -0.4 is 21.7 Å². The molecule has 4 aliphatic heterocycles. The van der Waals surface area contributed by atoms with Crippen LogP contribution >= 0.6 is 0 Å². The van der Waals surface area contributed by atoms with Gasteiger partial charge in [-0.3, -0.25) is 15.1 Å². The summed E-state index contributed by atoms with van der Waals surface area (Å²) in [5, 5.41) is 2.69. The standard InChI is InChI=1S/C34H45FN8O4/c1-22-18-23(19-28-30(22)38-39-37-28)20-29(32(44)41-16-14-40(15-17-41)25-7-3-2-4-8-25)47-34(46)42-12-10-26(11-13-42)43-21-24-6-5-9-27(35)31(24)36-33(43)45/h5-6,9,18-19,25-26,29,37-39H,2-4,7-8,10-17,20-21H2,1H3,(H,36,45)/p+1. The largest absolute Gasteiger partial charge is 0.436 e. The van der Waals surface area contributed by atoms with Gasteiger partial charge in [0, 0.05) is 70.4 Å². The number of halogens is 1. The van der Waals surface area contributed by atoms with Gasteiger partial charge in [0.2, 0.25) is 0 Å². The Morgan fingerprint density at radius 1 is 0.957 bits per heavy atom. The third-order valence-electron chi connectivity index (χ3n) is 10.6. The van der Waals surface area contributed by atoms with E-state index >= 15 is 0 Å². The molecule has 0 spiro atoms. The maximum absolute atomic E-state index is 14.2. The minimum Gasteiger partial charge on any atom is -0.436 e. The first kappa shape index (κ1) is 31.6. The number of hydrogen-bond acceptors (Lipinski definition) is 7. The van der Waals surface area contributed by atoms with Crippen molar-refractivity contribution in [2.45, 2.75) is 83.0 Å². The van der Waals surface area contributed by atoms with Crippen LogP contribution in [0, 0.1) is 12.7 Å². The summed E-state index contributed by atoms with van der Waals surface area (Å²) in [6.45, 7) is 6.08. The average molecular weight is 650 g/mol. The summed E-state index contributed by atoms with van der Waals surface area (Å²) in [6, 6.07) is 9.06. The lowest BCUT2D eigenvalue weighted by molar-refractivity contribution is -0.620.